The minimum Gasteiger partial charge on any atom is -0.311 e. The van der Waals surface area contributed by atoms with Crippen molar-refractivity contribution in [3.63, 3.8) is 0 Å². The van der Waals surface area contributed by atoms with Crippen molar-refractivity contribution in [3.05, 3.63) is 34.1 Å². The second-order valence-electron chi connectivity index (χ2n) is 6.02. The Morgan fingerprint density at radius 3 is 2.60 bits per heavy atom. The van der Waals surface area contributed by atoms with Crippen LogP contribution in [-0.2, 0) is 6.54 Å². The van der Waals surface area contributed by atoms with Crippen molar-refractivity contribution in [3.8, 4) is 0 Å². The molecule has 1 aromatic carbocycles. The summed E-state index contributed by atoms with van der Waals surface area (Å²) in [5.74, 6) is -0.136. The Hall–Kier alpha value is -0.450. The van der Waals surface area contributed by atoms with E-state index in [1.165, 1.54) is 38.2 Å². The van der Waals surface area contributed by atoms with E-state index in [-0.39, 0.29) is 11.4 Å². The van der Waals surface area contributed by atoms with Crippen molar-refractivity contribution in [2.24, 2.45) is 0 Å². The van der Waals surface area contributed by atoms with E-state index in [0.717, 1.165) is 16.6 Å². The normalized spacial score (nSPS) is 18.4. The molecular weight excluding hydrogens is 319 g/mol. The fraction of sp³-hybridized carbons (Fsp3) is 0.625. The fourth-order valence-corrected chi connectivity index (χ4v) is 3.51. The van der Waals surface area contributed by atoms with Gasteiger partial charge in [-0.3, -0.25) is 0 Å². The van der Waals surface area contributed by atoms with E-state index in [2.05, 4.69) is 40.2 Å². The summed E-state index contributed by atoms with van der Waals surface area (Å²) in [5.41, 5.74) is 0.963. The Morgan fingerprint density at radius 2 is 1.95 bits per heavy atom. The number of nitrogens with one attached hydrogen (secondary N) is 1. The van der Waals surface area contributed by atoms with Gasteiger partial charge >= 0.3 is 0 Å². The summed E-state index contributed by atoms with van der Waals surface area (Å²) in [7, 11) is 4.32. The lowest BCUT2D eigenvalue weighted by atomic mass is 9.80. The zero-order valence-corrected chi connectivity index (χ0v) is 14.0. The maximum Gasteiger partial charge on any atom is 0.127 e. The fourth-order valence-electron chi connectivity index (χ4n) is 3.10. The van der Waals surface area contributed by atoms with Crippen LogP contribution in [0.5, 0.6) is 0 Å². The molecule has 1 fully saturated rings. The zero-order chi connectivity index (χ0) is 14.6. The summed E-state index contributed by atoms with van der Waals surface area (Å²) >= 11 is 3.40. The number of nitrogens with zero attached hydrogens (tertiary/aromatic N) is 1. The number of hydrogen-bond acceptors (Lipinski definition) is 2. The summed E-state index contributed by atoms with van der Waals surface area (Å²) in [6, 6.07) is 5.11. The van der Waals surface area contributed by atoms with Gasteiger partial charge in [-0.15, -0.1) is 0 Å². The maximum atomic E-state index is 13.7. The van der Waals surface area contributed by atoms with E-state index in [1.54, 1.807) is 6.07 Å². The van der Waals surface area contributed by atoms with Crippen LogP contribution in [-0.4, -0.2) is 31.1 Å². The maximum absolute atomic E-state index is 13.7. The van der Waals surface area contributed by atoms with Crippen LogP contribution in [0, 0.1) is 5.82 Å². The third kappa shape index (κ3) is 3.80. The second kappa shape index (κ2) is 7.01. The predicted octanol–water partition coefficient (Wildman–Crippen LogP) is 3.94. The molecule has 0 aliphatic heterocycles. The lowest BCUT2D eigenvalue weighted by Crippen LogP contribution is -2.52. The van der Waals surface area contributed by atoms with E-state index in [9.17, 15) is 4.39 Å². The molecule has 0 aromatic heterocycles. The SMILES string of the molecule is CN(C)C1(CNCc2cc(Br)ccc2F)CCCCC1. The van der Waals surface area contributed by atoms with E-state index in [0.29, 0.717) is 6.54 Å². The molecule has 0 bridgehead atoms. The van der Waals surface area contributed by atoms with Crippen LogP contribution in [0.25, 0.3) is 0 Å². The van der Waals surface area contributed by atoms with E-state index >= 15 is 0 Å². The lowest BCUT2D eigenvalue weighted by molar-refractivity contribution is 0.0983. The van der Waals surface area contributed by atoms with Crippen molar-refractivity contribution < 1.29 is 4.39 Å². The predicted molar refractivity (Wildman–Crippen MR) is 85.3 cm³/mol. The molecule has 1 aromatic rings. The summed E-state index contributed by atoms with van der Waals surface area (Å²) in [6.07, 6.45) is 6.40. The number of benzene rings is 1. The van der Waals surface area contributed by atoms with Crippen molar-refractivity contribution in [1.29, 1.82) is 0 Å². The van der Waals surface area contributed by atoms with Crippen LogP contribution in [0.15, 0.2) is 22.7 Å². The highest BCUT2D eigenvalue weighted by atomic mass is 79.9. The highest BCUT2D eigenvalue weighted by Crippen LogP contribution is 2.31. The summed E-state index contributed by atoms with van der Waals surface area (Å²) in [6.45, 7) is 1.51. The van der Waals surface area contributed by atoms with Gasteiger partial charge in [-0.25, -0.2) is 4.39 Å². The third-order valence-electron chi connectivity index (χ3n) is 4.51. The Balaban J connectivity index is 1.95. The van der Waals surface area contributed by atoms with Crippen molar-refractivity contribution >= 4 is 15.9 Å². The van der Waals surface area contributed by atoms with Gasteiger partial charge in [0.05, 0.1) is 0 Å². The van der Waals surface area contributed by atoms with Gasteiger partial charge in [-0.2, -0.15) is 0 Å². The Labute approximate surface area is 129 Å². The minimum absolute atomic E-state index is 0.136. The first-order valence-corrected chi connectivity index (χ1v) is 8.15. The van der Waals surface area contributed by atoms with E-state index in [4.69, 9.17) is 0 Å². The van der Waals surface area contributed by atoms with Crippen LogP contribution in [0.2, 0.25) is 0 Å². The lowest BCUT2D eigenvalue weighted by Gasteiger charge is -2.43. The molecule has 0 amide bonds. The summed E-state index contributed by atoms with van der Waals surface area (Å²) in [4.78, 5) is 2.34. The van der Waals surface area contributed by atoms with Crippen LogP contribution >= 0.6 is 15.9 Å². The quantitative estimate of drug-likeness (QED) is 0.871. The summed E-state index contributed by atoms with van der Waals surface area (Å²) < 4.78 is 14.6. The van der Waals surface area contributed by atoms with Gasteiger partial charge in [0.1, 0.15) is 5.82 Å². The van der Waals surface area contributed by atoms with Crippen LogP contribution in [0.4, 0.5) is 4.39 Å². The highest BCUT2D eigenvalue weighted by molar-refractivity contribution is 9.10. The number of rotatable bonds is 5. The standard InChI is InChI=1S/C16H24BrFN2/c1-20(2)16(8-4-3-5-9-16)12-19-11-13-10-14(17)6-7-15(13)18/h6-7,10,19H,3-5,8-9,11-12H2,1-2H3. The van der Waals surface area contributed by atoms with Gasteiger partial charge < -0.3 is 10.2 Å². The largest absolute Gasteiger partial charge is 0.311 e. The molecule has 0 saturated heterocycles. The molecule has 2 rings (SSSR count). The van der Waals surface area contributed by atoms with E-state index < -0.39 is 0 Å². The van der Waals surface area contributed by atoms with Crippen LogP contribution in [0.3, 0.4) is 0 Å². The van der Waals surface area contributed by atoms with Gasteiger partial charge in [-0.1, -0.05) is 35.2 Å². The molecular formula is C16H24BrFN2. The molecule has 112 valence electrons. The molecule has 0 unspecified atom stereocenters. The summed E-state index contributed by atoms with van der Waals surface area (Å²) in [5, 5.41) is 3.46. The Bertz CT molecular complexity index is 442. The third-order valence-corrected chi connectivity index (χ3v) is 5.00. The van der Waals surface area contributed by atoms with Crippen molar-refractivity contribution in [2.75, 3.05) is 20.6 Å². The van der Waals surface area contributed by atoms with Gasteiger partial charge in [0, 0.05) is 28.7 Å². The average molecular weight is 343 g/mol. The van der Waals surface area contributed by atoms with Gasteiger partial charge in [0.25, 0.3) is 0 Å². The highest BCUT2D eigenvalue weighted by Gasteiger charge is 2.33. The van der Waals surface area contributed by atoms with Gasteiger partial charge in [0.2, 0.25) is 0 Å². The van der Waals surface area contributed by atoms with Gasteiger partial charge in [-0.05, 0) is 45.1 Å². The van der Waals surface area contributed by atoms with Gasteiger partial charge in [0.15, 0.2) is 0 Å². The Kier molecular flexibility index (Phi) is 5.58. The zero-order valence-electron chi connectivity index (χ0n) is 12.4. The molecule has 1 saturated carbocycles. The van der Waals surface area contributed by atoms with Crippen molar-refractivity contribution in [1.82, 2.24) is 10.2 Å². The monoisotopic (exact) mass is 342 g/mol. The van der Waals surface area contributed by atoms with Crippen molar-refractivity contribution in [2.45, 2.75) is 44.2 Å². The smallest absolute Gasteiger partial charge is 0.127 e. The Morgan fingerprint density at radius 1 is 1.25 bits per heavy atom. The molecule has 0 atom stereocenters. The first kappa shape index (κ1) is 15.9. The first-order valence-electron chi connectivity index (χ1n) is 7.36. The number of halogens is 2. The topological polar surface area (TPSA) is 15.3 Å². The van der Waals surface area contributed by atoms with Crippen LogP contribution < -0.4 is 5.32 Å². The molecule has 1 aliphatic carbocycles. The average Bonchev–Trinajstić information content (AvgIpc) is 2.43. The number of hydrogen-bond donors (Lipinski definition) is 1. The minimum atomic E-state index is -0.136. The molecule has 0 heterocycles. The van der Waals surface area contributed by atoms with E-state index in [1.807, 2.05) is 6.07 Å². The molecule has 0 spiro atoms. The number of likely N-dealkylation sites (N-methyl/N-ethyl adjacent to an activating group) is 1. The first-order chi connectivity index (χ1) is 9.53. The molecule has 1 aliphatic rings. The molecule has 20 heavy (non-hydrogen) atoms. The molecule has 4 heteroatoms. The second-order valence-corrected chi connectivity index (χ2v) is 6.93. The molecule has 0 radical (unpaired) electrons. The van der Waals surface area contributed by atoms with Crippen LogP contribution in [0.1, 0.15) is 37.7 Å². The molecule has 1 N–H and O–H groups in total. The molecule has 2 nitrogen and oxygen atoms in total.